The smallest absolute Gasteiger partial charge is 0.220 e. The molecule has 0 saturated heterocycles. The molecule has 0 aromatic rings. The zero-order valence-corrected chi connectivity index (χ0v) is 43.6. The summed E-state index contributed by atoms with van der Waals surface area (Å²) < 4.78 is 0. The lowest BCUT2D eigenvalue weighted by atomic mass is 10.0. The molecule has 0 aliphatic heterocycles. The number of unbranched alkanes of at least 4 members (excludes halogenated alkanes) is 22. The molecule has 0 saturated carbocycles. The number of rotatable bonds is 49. The molecule has 0 aliphatic rings. The van der Waals surface area contributed by atoms with E-state index in [2.05, 4.69) is 141 Å². The van der Waals surface area contributed by atoms with Crippen LogP contribution in [0.4, 0.5) is 0 Å². The van der Waals surface area contributed by atoms with E-state index < -0.39 is 12.1 Å². The molecule has 0 heterocycles. The maximum absolute atomic E-state index is 12.5. The van der Waals surface area contributed by atoms with Gasteiger partial charge in [0.1, 0.15) is 0 Å². The molecule has 2 unspecified atom stereocenters. The lowest BCUT2D eigenvalue weighted by Crippen LogP contribution is -2.45. The van der Waals surface area contributed by atoms with E-state index in [0.717, 1.165) is 103 Å². The van der Waals surface area contributed by atoms with E-state index >= 15 is 0 Å². The summed E-state index contributed by atoms with van der Waals surface area (Å²) in [6.45, 7) is 4.17. The molecule has 4 heteroatoms. The summed E-state index contributed by atoms with van der Waals surface area (Å²) in [6, 6.07) is -0.665. The van der Waals surface area contributed by atoms with Gasteiger partial charge in [0.05, 0.1) is 18.8 Å². The normalized spacial score (nSPS) is 13.9. The number of amides is 1. The van der Waals surface area contributed by atoms with Crippen molar-refractivity contribution in [2.75, 3.05) is 6.61 Å². The highest BCUT2D eigenvalue weighted by Gasteiger charge is 2.17. The minimum atomic E-state index is -0.888. The van der Waals surface area contributed by atoms with Crippen molar-refractivity contribution in [1.82, 2.24) is 5.32 Å². The predicted molar refractivity (Wildman–Crippen MR) is 299 cm³/mol. The molecule has 3 N–H and O–H groups in total. The van der Waals surface area contributed by atoms with Gasteiger partial charge in [0, 0.05) is 6.42 Å². The number of aliphatic hydroxyl groups is 2. The lowest BCUT2D eigenvalue weighted by Gasteiger charge is -2.19. The first kappa shape index (κ1) is 63.5. The molecule has 0 spiro atoms. The van der Waals surface area contributed by atoms with E-state index in [9.17, 15) is 15.0 Å². The molecule has 380 valence electrons. The Hall–Kier alpha value is -3.47. The second-order valence-electron chi connectivity index (χ2n) is 18.2. The summed E-state index contributed by atoms with van der Waals surface area (Å²) in [6.07, 6.45) is 88.8. The van der Waals surface area contributed by atoms with Gasteiger partial charge < -0.3 is 15.5 Å². The summed E-state index contributed by atoms with van der Waals surface area (Å²) in [5, 5.41) is 23.1. The predicted octanol–water partition coefficient (Wildman–Crippen LogP) is 18.6. The Kier molecular flexibility index (Phi) is 53.9. The zero-order valence-electron chi connectivity index (χ0n) is 43.6. The average Bonchev–Trinajstić information content (AvgIpc) is 3.33. The number of hydrogen-bond donors (Lipinski definition) is 3. The van der Waals surface area contributed by atoms with Crippen LogP contribution < -0.4 is 5.32 Å². The maximum Gasteiger partial charge on any atom is 0.220 e. The van der Waals surface area contributed by atoms with E-state index in [1.807, 2.05) is 6.08 Å². The number of carbonyl (C=O) groups excluding carboxylic acids is 1. The Balaban J connectivity index is 3.69. The fourth-order valence-electron chi connectivity index (χ4n) is 7.64. The van der Waals surface area contributed by atoms with Crippen LogP contribution in [0.15, 0.2) is 134 Å². The molecule has 2 atom stereocenters. The summed E-state index contributed by atoms with van der Waals surface area (Å²) in [7, 11) is 0. The number of allylic oxidation sites excluding steroid dienone is 21. The van der Waals surface area contributed by atoms with Crippen LogP contribution in [-0.4, -0.2) is 34.9 Å². The van der Waals surface area contributed by atoms with Crippen molar-refractivity contribution in [1.29, 1.82) is 0 Å². The molecule has 67 heavy (non-hydrogen) atoms. The first-order chi connectivity index (χ1) is 33.2. The quantitative estimate of drug-likeness (QED) is 0.0421. The minimum Gasteiger partial charge on any atom is -0.394 e. The van der Waals surface area contributed by atoms with Crippen LogP contribution >= 0.6 is 0 Å². The molecule has 0 fully saturated rings. The largest absolute Gasteiger partial charge is 0.394 e. The Morgan fingerprint density at radius 2 is 0.672 bits per heavy atom. The minimum absolute atomic E-state index is 0.0976. The average molecular weight is 925 g/mol. The third-order valence-electron chi connectivity index (χ3n) is 11.8. The number of hydrogen-bond acceptors (Lipinski definition) is 3. The van der Waals surface area contributed by atoms with Crippen LogP contribution in [0.3, 0.4) is 0 Å². The Morgan fingerprint density at radius 3 is 1.04 bits per heavy atom. The Bertz CT molecular complexity index is 1370. The van der Waals surface area contributed by atoms with Gasteiger partial charge in [-0.05, 0) is 109 Å². The van der Waals surface area contributed by atoms with Gasteiger partial charge in [0.15, 0.2) is 0 Å². The van der Waals surface area contributed by atoms with Crippen LogP contribution in [0.2, 0.25) is 0 Å². The van der Waals surface area contributed by atoms with Crippen molar-refractivity contribution in [2.24, 2.45) is 0 Å². The standard InChI is InChI=1S/C63H105NO3/c1-3-5-7-9-11-13-15-17-19-21-23-25-27-29-30-31-32-33-34-35-37-39-41-43-45-47-49-51-53-55-57-59-63(67)64-61(60-65)62(66)58-56-54-52-50-48-46-44-42-40-38-36-28-26-24-22-20-18-16-14-12-10-8-6-4-2/h5,7,11,13,17,19,23,25,29-30,32-33,35,37,40-43,48,50,56,58,61-62,65-66H,3-4,6,8-10,12,14-16,18,20-22,24,26-28,31,34,36,38-39,44-47,49,51-55,57,59-60H2,1-2H3,(H,64,67)/b7-5-,13-11-,19-17-,25-23-,30-29-,33-32-,37-35-,42-40+,43-41-,50-48+,58-56+. The van der Waals surface area contributed by atoms with Gasteiger partial charge in [-0.25, -0.2) is 0 Å². The number of nitrogens with one attached hydrogen (secondary N) is 1. The third kappa shape index (κ3) is 53.4. The van der Waals surface area contributed by atoms with Crippen molar-refractivity contribution < 1.29 is 15.0 Å². The molecule has 4 nitrogen and oxygen atoms in total. The van der Waals surface area contributed by atoms with E-state index in [1.54, 1.807) is 6.08 Å². The molecule has 0 aromatic heterocycles. The van der Waals surface area contributed by atoms with Crippen molar-refractivity contribution in [3.05, 3.63) is 134 Å². The lowest BCUT2D eigenvalue weighted by molar-refractivity contribution is -0.123. The first-order valence-electron chi connectivity index (χ1n) is 27.9. The van der Waals surface area contributed by atoms with Crippen molar-refractivity contribution in [3.8, 4) is 0 Å². The van der Waals surface area contributed by atoms with Crippen molar-refractivity contribution in [3.63, 3.8) is 0 Å². The Labute approximate surface area is 415 Å². The summed E-state index contributed by atoms with van der Waals surface area (Å²) >= 11 is 0. The molecular weight excluding hydrogens is 819 g/mol. The van der Waals surface area contributed by atoms with Gasteiger partial charge in [0.2, 0.25) is 5.91 Å². The molecule has 1 amide bonds. The fourth-order valence-corrected chi connectivity index (χ4v) is 7.64. The summed E-state index contributed by atoms with van der Waals surface area (Å²) in [5.41, 5.74) is 0. The van der Waals surface area contributed by atoms with Crippen LogP contribution in [0, 0.1) is 0 Å². The van der Waals surface area contributed by atoms with Gasteiger partial charge in [-0.15, -0.1) is 0 Å². The van der Waals surface area contributed by atoms with E-state index in [-0.39, 0.29) is 12.5 Å². The highest BCUT2D eigenvalue weighted by atomic mass is 16.3. The van der Waals surface area contributed by atoms with Crippen LogP contribution in [0.1, 0.15) is 239 Å². The SMILES string of the molecule is CC/C=C\C/C=C\C/C=C\C/C=C\C/C=C\C/C=C\C/C=C\C/C=C\CCCCCCCCC(=O)NC(CO)C(O)/C=C/CC/C=C/CC/C=C/CCCCCCCCCCCCCCCC. The maximum atomic E-state index is 12.5. The Morgan fingerprint density at radius 1 is 0.373 bits per heavy atom. The highest BCUT2D eigenvalue weighted by molar-refractivity contribution is 5.76. The van der Waals surface area contributed by atoms with Crippen LogP contribution in [0.5, 0.6) is 0 Å². The fraction of sp³-hybridized carbons (Fsp3) is 0.635. The number of carbonyl (C=O) groups is 1. The topological polar surface area (TPSA) is 69.6 Å². The van der Waals surface area contributed by atoms with Crippen LogP contribution in [0.25, 0.3) is 0 Å². The first-order valence-corrected chi connectivity index (χ1v) is 27.9. The van der Waals surface area contributed by atoms with Gasteiger partial charge >= 0.3 is 0 Å². The molecule has 0 aliphatic carbocycles. The van der Waals surface area contributed by atoms with Crippen molar-refractivity contribution >= 4 is 5.91 Å². The second kappa shape index (κ2) is 56.9. The summed E-state index contributed by atoms with van der Waals surface area (Å²) in [5.74, 6) is -0.0976. The number of aliphatic hydroxyl groups excluding tert-OH is 2. The van der Waals surface area contributed by atoms with Crippen LogP contribution in [-0.2, 0) is 4.79 Å². The van der Waals surface area contributed by atoms with E-state index in [4.69, 9.17) is 0 Å². The molecule has 0 radical (unpaired) electrons. The van der Waals surface area contributed by atoms with Gasteiger partial charge in [-0.2, -0.15) is 0 Å². The molecule has 0 rings (SSSR count). The van der Waals surface area contributed by atoms with Gasteiger partial charge in [-0.1, -0.05) is 257 Å². The molecule has 0 aromatic carbocycles. The van der Waals surface area contributed by atoms with E-state index in [1.165, 1.54) is 116 Å². The second-order valence-corrected chi connectivity index (χ2v) is 18.2. The molecule has 0 bridgehead atoms. The monoisotopic (exact) mass is 924 g/mol. The highest BCUT2D eigenvalue weighted by Crippen LogP contribution is 2.14. The van der Waals surface area contributed by atoms with Gasteiger partial charge in [0.25, 0.3) is 0 Å². The zero-order chi connectivity index (χ0) is 48.5. The molecular formula is C63H105NO3. The van der Waals surface area contributed by atoms with Crippen molar-refractivity contribution in [2.45, 2.75) is 251 Å². The third-order valence-corrected chi connectivity index (χ3v) is 11.8. The van der Waals surface area contributed by atoms with E-state index in [0.29, 0.717) is 6.42 Å². The van der Waals surface area contributed by atoms with Gasteiger partial charge in [-0.3, -0.25) is 4.79 Å². The summed E-state index contributed by atoms with van der Waals surface area (Å²) in [4.78, 5) is 12.5.